The van der Waals surface area contributed by atoms with Crippen molar-refractivity contribution in [2.24, 2.45) is 0 Å². The van der Waals surface area contributed by atoms with Crippen molar-refractivity contribution in [2.45, 2.75) is 55.1 Å². The largest absolute Gasteiger partial charge is 0.394 e. The molecule has 1 aliphatic rings. The van der Waals surface area contributed by atoms with Gasteiger partial charge in [0.2, 0.25) is 0 Å². The Morgan fingerprint density at radius 3 is 2.13 bits per heavy atom. The smallest absolute Gasteiger partial charge is 0.186 e. The molecule has 9 atom stereocenters. The molecule has 0 aromatic carbocycles. The molecule has 8 N–H and O–H groups in total. The van der Waals surface area contributed by atoms with E-state index in [2.05, 4.69) is 0 Å². The summed E-state index contributed by atoms with van der Waals surface area (Å²) in [5.74, 6) is 0. The number of ether oxygens (including phenoxy) is 2. The molecule has 1 fully saturated rings. The molecule has 1 aliphatic heterocycles. The SMILES string of the molecule is O=C[C@@H](O)[C@@H](O)[C@H](O)[C@H](O)CO[C@H]1O[C@H](CO)[C@@H](O)[C@H](O)[C@@H]1O. The van der Waals surface area contributed by atoms with Crippen LogP contribution in [0.2, 0.25) is 0 Å². The predicted octanol–water partition coefficient (Wildman–Crippen LogP) is -5.55. The number of aliphatic hydroxyl groups excluding tert-OH is 8. The molecule has 0 bridgehead atoms. The fourth-order valence-electron chi connectivity index (χ4n) is 2.01. The van der Waals surface area contributed by atoms with Crippen LogP contribution in [-0.4, -0.2) is 115 Å². The van der Waals surface area contributed by atoms with Gasteiger partial charge in [0.25, 0.3) is 0 Å². The molecule has 136 valence electrons. The lowest BCUT2D eigenvalue weighted by Gasteiger charge is -2.40. The van der Waals surface area contributed by atoms with Gasteiger partial charge in [-0.2, -0.15) is 0 Å². The summed E-state index contributed by atoms with van der Waals surface area (Å²) in [6.07, 6.45) is -15.3. The van der Waals surface area contributed by atoms with Crippen molar-refractivity contribution in [3.8, 4) is 0 Å². The van der Waals surface area contributed by atoms with E-state index in [1.54, 1.807) is 0 Å². The molecule has 0 aromatic rings. The summed E-state index contributed by atoms with van der Waals surface area (Å²) in [4.78, 5) is 10.3. The van der Waals surface area contributed by atoms with Crippen LogP contribution in [0, 0.1) is 0 Å². The summed E-state index contributed by atoms with van der Waals surface area (Å²) >= 11 is 0. The highest BCUT2D eigenvalue weighted by Gasteiger charge is 2.44. The highest BCUT2D eigenvalue weighted by molar-refractivity contribution is 5.56. The van der Waals surface area contributed by atoms with Gasteiger partial charge in [-0.1, -0.05) is 0 Å². The summed E-state index contributed by atoms with van der Waals surface area (Å²) in [7, 11) is 0. The molecule has 0 unspecified atom stereocenters. The molecule has 1 heterocycles. The third-order valence-corrected chi connectivity index (χ3v) is 3.51. The van der Waals surface area contributed by atoms with Crippen molar-refractivity contribution < 1.29 is 55.1 Å². The molecule has 0 amide bonds. The number of rotatable bonds is 8. The molecule has 0 radical (unpaired) electrons. The van der Waals surface area contributed by atoms with Gasteiger partial charge in [0.1, 0.15) is 48.8 Å². The van der Waals surface area contributed by atoms with E-state index in [-0.39, 0.29) is 6.29 Å². The number of carbonyl (C=O) groups excluding carboxylic acids is 1. The summed E-state index contributed by atoms with van der Waals surface area (Å²) in [5.41, 5.74) is 0. The number of hydrogen-bond acceptors (Lipinski definition) is 11. The monoisotopic (exact) mass is 342 g/mol. The van der Waals surface area contributed by atoms with Crippen molar-refractivity contribution in [1.82, 2.24) is 0 Å². The Morgan fingerprint density at radius 2 is 1.61 bits per heavy atom. The van der Waals surface area contributed by atoms with Crippen molar-refractivity contribution in [3.63, 3.8) is 0 Å². The molecule has 23 heavy (non-hydrogen) atoms. The highest BCUT2D eigenvalue weighted by atomic mass is 16.7. The van der Waals surface area contributed by atoms with E-state index >= 15 is 0 Å². The second-order valence-electron chi connectivity index (χ2n) is 5.21. The van der Waals surface area contributed by atoms with Crippen LogP contribution in [0.3, 0.4) is 0 Å². The minimum absolute atomic E-state index is 0.0287. The van der Waals surface area contributed by atoms with Crippen LogP contribution < -0.4 is 0 Å². The number of aliphatic hydroxyl groups is 8. The van der Waals surface area contributed by atoms with E-state index in [4.69, 9.17) is 19.7 Å². The van der Waals surface area contributed by atoms with Gasteiger partial charge in [0.15, 0.2) is 12.6 Å². The lowest BCUT2D eigenvalue weighted by Crippen LogP contribution is -2.59. The maximum absolute atomic E-state index is 10.3. The van der Waals surface area contributed by atoms with Crippen LogP contribution in [0.15, 0.2) is 0 Å². The zero-order valence-corrected chi connectivity index (χ0v) is 12.0. The molecule has 0 aromatic heterocycles. The maximum atomic E-state index is 10.3. The summed E-state index contributed by atoms with van der Waals surface area (Å²) in [5, 5.41) is 75.4. The van der Waals surface area contributed by atoms with E-state index in [0.717, 1.165) is 0 Å². The van der Waals surface area contributed by atoms with Gasteiger partial charge in [-0.3, -0.25) is 0 Å². The van der Waals surface area contributed by atoms with E-state index in [1.807, 2.05) is 0 Å². The minimum Gasteiger partial charge on any atom is -0.394 e. The molecular weight excluding hydrogens is 320 g/mol. The molecule has 11 heteroatoms. The average Bonchev–Trinajstić information content (AvgIpc) is 2.56. The topological polar surface area (TPSA) is 197 Å². The first-order chi connectivity index (χ1) is 10.7. The lowest BCUT2D eigenvalue weighted by molar-refractivity contribution is -0.306. The predicted molar refractivity (Wildman–Crippen MR) is 69.8 cm³/mol. The van der Waals surface area contributed by atoms with Crippen molar-refractivity contribution in [1.29, 1.82) is 0 Å². The molecule has 0 aliphatic carbocycles. The van der Waals surface area contributed by atoms with Gasteiger partial charge in [-0.05, 0) is 0 Å². The third kappa shape index (κ3) is 4.87. The Balaban J connectivity index is 2.57. The zero-order chi connectivity index (χ0) is 17.7. The first kappa shape index (κ1) is 20.3. The highest BCUT2D eigenvalue weighted by Crippen LogP contribution is 2.22. The zero-order valence-electron chi connectivity index (χ0n) is 12.0. The van der Waals surface area contributed by atoms with Crippen molar-refractivity contribution in [3.05, 3.63) is 0 Å². The van der Waals surface area contributed by atoms with Crippen molar-refractivity contribution in [2.75, 3.05) is 13.2 Å². The van der Waals surface area contributed by atoms with Gasteiger partial charge in [-0.25, -0.2) is 0 Å². The second kappa shape index (κ2) is 8.94. The molecule has 0 saturated carbocycles. The van der Waals surface area contributed by atoms with Gasteiger partial charge in [-0.15, -0.1) is 0 Å². The van der Waals surface area contributed by atoms with Crippen LogP contribution in [0.4, 0.5) is 0 Å². The number of hydrogen-bond donors (Lipinski definition) is 8. The van der Waals surface area contributed by atoms with Crippen LogP contribution in [0.1, 0.15) is 0 Å². The van der Waals surface area contributed by atoms with Crippen LogP contribution in [0.5, 0.6) is 0 Å². The van der Waals surface area contributed by atoms with Crippen molar-refractivity contribution >= 4 is 6.29 Å². The molecular formula is C12H22O11. The fraction of sp³-hybridized carbons (Fsp3) is 0.917. The third-order valence-electron chi connectivity index (χ3n) is 3.51. The summed E-state index contributed by atoms with van der Waals surface area (Å²) in [6, 6.07) is 0. The standard InChI is InChI=1S/C12H22O11/c13-1-4(15)7(17)8(18)5(16)3-22-12-11(21)10(20)9(19)6(2-14)23-12/h1,4-12,14-21H,2-3H2/t4-,5-,6-,7-,8-,9-,10+,11+,12+/m1/s1. The minimum atomic E-state index is -1.96. The summed E-state index contributed by atoms with van der Waals surface area (Å²) < 4.78 is 9.94. The van der Waals surface area contributed by atoms with Crippen LogP contribution >= 0.6 is 0 Å². The Bertz CT molecular complexity index is 365. The second-order valence-corrected chi connectivity index (χ2v) is 5.21. The Morgan fingerprint density at radius 1 is 1.00 bits per heavy atom. The quantitative estimate of drug-likeness (QED) is 0.196. The molecule has 1 rings (SSSR count). The number of carbonyl (C=O) groups is 1. The normalized spacial score (nSPS) is 37.0. The fourth-order valence-corrected chi connectivity index (χ4v) is 2.01. The Hall–Kier alpha value is -0.730. The number of aldehydes is 1. The Labute approximate surface area is 130 Å². The van der Waals surface area contributed by atoms with Gasteiger partial charge < -0.3 is 55.1 Å². The van der Waals surface area contributed by atoms with Gasteiger partial charge in [0, 0.05) is 0 Å². The molecule has 1 saturated heterocycles. The van der Waals surface area contributed by atoms with Gasteiger partial charge >= 0.3 is 0 Å². The van der Waals surface area contributed by atoms with E-state index in [1.165, 1.54) is 0 Å². The molecule has 11 nitrogen and oxygen atoms in total. The average molecular weight is 342 g/mol. The maximum Gasteiger partial charge on any atom is 0.186 e. The summed E-state index contributed by atoms with van der Waals surface area (Å²) in [6.45, 7) is -1.37. The van der Waals surface area contributed by atoms with Gasteiger partial charge in [0.05, 0.1) is 13.2 Å². The van der Waals surface area contributed by atoms with E-state index in [9.17, 15) is 35.4 Å². The Kier molecular flexibility index (Phi) is 7.89. The lowest BCUT2D eigenvalue weighted by atomic mass is 9.99. The molecule has 0 spiro atoms. The first-order valence-corrected chi connectivity index (χ1v) is 6.84. The van der Waals surface area contributed by atoms with E-state index < -0.39 is 68.3 Å². The van der Waals surface area contributed by atoms with Crippen LogP contribution in [0.25, 0.3) is 0 Å². The van der Waals surface area contributed by atoms with Crippen LogP contribution in [-0.2, 0) is 14.3 Å². The first-order valence-electron chi connectivity index (χ1n) is 6.84. The van der Waals surface area contributed by atoms with E-state index in [0.29, 0.717) is 0 Å².